The van der Waals surface area contributed by atoms with Crippen molar-refractivity contribution in [2.45, 2.75) is 86.0 Å². The maximum absolute atomic E-state index is 11.6. The molecule has 25 heavy (non-hydrogen) atoms. The van der Waals surface area contributed by atoms with E-state index >= 15 is 0 Å². The molecule has 0 aromatic carbocycles. The first-order valence-corrected chi connectivity index (χ1v) is 11.6. The number of aliphatic carboxylic acids is 1. The summed E-state index contributed by atoms with van der Waals surface area (Å²) in [5.41, 5.74) is 0.318. The second kappa shape index (κ2) is 14.5. The molecule has 0 radical (unpaired) electrons. The van der Waals surface area contributed by atoms with Crippen molar-refractivity contribution < 1.29 is 23.2 Å². The molecule has 0 rings (SSSR count). The Labute approximate surface area is 155 Å². The first kappa shape index (κ1) is 24.3. The lowest BCUT2D eigenvalue weighted by molar-refractivity contribution is -0.132. The Hall–Kier alpha value is -0.693. The molecule has 1 N–H and O–H groups in total. The summed E-state index contributed by atoms with van der Waals surface area (Å²) >= 11 is 0. The van der Waals surface area contributed by atoms with Gasteiger partial charge in [0.2, 0.25) is 0 Å². The van der Waals surface area contributed by atoms with Gasteiger partial charge in [0.1, 0.15) is 0 Å². The topological polar surface area (TPSA) is 65.0 Å². The van der Waals surface area contributed by atoms with Crippen molar-refractivity contribution in [1.29, 1.82) is 0 Å². The number of carboxylic acid groups (broad SMARTS) is 1. The fourth-order valence-corrected chi connectivity index (χ4v) is 5.52. The average Bonchev–Trinajstić information content (AvgIpc) is 2.59. The van der Waals surface area contributed by atoms with E-state index in [1.54, 1.807) is 6.92 Å². The van der Waals surface area contributed by atoms with Gasteiger partial charge in [-0.15, -0.1) is 0 Å². The Morgan fingerprint density at radius 1 is 0.800 bits per heavy atom. The Bertz CT molecular complexity index is 369. The zero-order valence-corrected chi connectivity index (χ0v) is 17.9. The third kappa shape index (κ3) is 8.99. The fraction of sp³-hybridized carbons (Fsp3) is 0.842. The monoisotopic (exact) mass is 374 g/mol. The van der Waals surface area contributed by atoms with Crippen LogP contribution in [0.2, 0.25) is 0 Å². The first-order chi connectivity index (χ1) is 12.0. The minimum absolute atomic E-state index is 0.318. The highest BCUT2D eigenvalue weighted by atomic mass is 28.4. The zero-order valence-electron chi connectivity index (χ0n) is 16.9. The van der Waals surface area contributed by atoms with Crippen molar-refractivity contribution in [3.8, 4) is 0 Å². The van der Waals surface area contributed by atoms with Crippen LogP contribution in [0.15, 0.2) is 10.8 Å². The van der Waals surface area contributed by atoms with Gasteiger partial charge in [-0.1, -0.05) is 53.4 Å². The van der Waals surface area contributed by atoms with E-state index in [-0.39, 0.29) is 0 Å². The van der Waals surface area contributed by atoms with Gasteiger partial charge in [-0.25, -0.2) is 4.79 Å². The van der Waals surface area contributed by atoms with Crippen LogP contribution in [0.1, 0.15) is 86.0 Å². The lowest BCUT2D eigenvalue weighted by Gasteiger charge is -2.32. The summed E-state index contributed by atoms with van der Waals surface area (Å²) in [6.45, 7) is 11.6. The van der Waals surface area contributed by atoms with Crippen LogP contribution in [0.25, 0.3) is 0 Å². The number of hydrogen-bond acceptors (Lipinski definition) is 4. The quantitative estimate of drug-likeness (QED) is 0.231. The lowest BCUT2D eigenvalue weighted by atomic mass is 10.2. The number of carbonyl (C=O) groups is 1. The number of rotatable bonds is 16. The van der Waals surface area contributed by atoms with Crippen LogP contribution >= 0.6 is 0 Å². The van der Waals surface area contributed by atoms with Crippen LogP contribution in [-0.4, -0.2) is 39.7 Å². The molecule has 148 valence electrons. The molecule has 0 heterocycles. The Morgan fingerprint density at radius 2 is 1.20 bits per heavy atom. The molecule has 0 spiro atoms. The number of hydrogen-bond donors (Lipinski definition) is 1. The summed E-state index contributed by atoms with van der Waals surface area (Å²) in [6, 6.07) is 0. The molecule has 0 atom stereocenters. The second-order valence-corrected chi connectivity index (χ2v) is 8.90. The number of unbranched alkanes of at least 4 members (excludes halogenated alkanes) is 3. The van der Waals surface area contributed by atoms with Gasteiger partial charge >= 0.3 is 14.8 Å². The van der Waals surface area contributed by atoms with Gasteiger partial charge in [0.15, 0.2) is 0 Å². The highest BCUT2D eigenvalue weighted by molar-refractivity contribution is 6.69. The highest BCUT2D eigenvalue weighted by Gasteiger charge is 2.47. The maximum atomic E-state index is 11.6. The fourth-order valence-electron chi connectivity index (χ4n) is 2.39. The van der Waals surface area contributed by atoms with Gasteiger partial charge in [-0.3, -0.25) is 0 Å². The van der Waals surface area contributed by atoms with E-state index in [0.717, 1.165) is 50.1 Å². The molecule has 0 aromatic rings. The predicted octanol–water partition coefficient (Wildman–Crippen LogP) is 5.12. The summed E-state index contributed by atoms with van der Waals surface area (Å²) in [4.78, 5) is 11.6. The summed E-state index contributed by atoms with van der Waals surface area (Å²) in [5, 5.41) is 10.3. The zero-order chi connectivity index (χ0) is 19.1. The van der Waals surface area contributed by atoms with Crippen molar-refractivity contribution in [3.05, 3.63) is 10.8 Å². The predicted molar refractivity (Wildman–Crippen MR) is 104 cm³/mol. The van der Waals surface area contributed by atoms with Crippen molar-refractivity contribution in [2.24, 2.45) is 0 Å². The summed E-state index contributed by atoms with van der Waals surface area (Å²) < 4.78 is 18.7. The Morgan fingerprint density at radius 3 is 1.48 bits per heavy atom. The maximum Gasteiger partial charge on any atom is 0.533 e. The molecule has 0 aliphatic carbocycles. The van der Waals surface area contributed by atoms with Crippen LogP contribution in [0.4, 0.5) is 0 Å². The average molecular weight is 375 g/mol. The SMILES string of the molecule is CCCCO[Si](OCCCC)(OCCCC)/C(CCC)=C(\C)C(=O)O. The van der Waals surface area contributed by atoms with Crippen LogP contribution in [0, 0.1) is 0 Å². The molecule has 0 aliphatic heterocycles. The van der Waals surface area contributed by atoms with Gasteiger partial charge < -0.3 is 18.4 Å². The molecule has 0 saturated heterocycles. The standard InChI is InChI=1S/C19H38O5Si/c1-6-10-14-22-25(23-15-11-7-2,24-16-12-8-3)18(13-9-4)17(5)19(20)21/h6-16H2,1-5H3,(H,20,21)/b18-17+. The van der Waals surface area contributed by atoms with Crippen LogP contribution < -0.4 is 0 Å². The first-order valence-electron chi connectivity index (χ1n) is 9.84. The second-order valence-electron chi connectivity index (χ2n) is 6.32. The molecule has 0 amide bonds. The van der Waals surface area contributed by atoms with E-state index in [9.17, 15) is 9.90 Å². The minimum Gasteiger partial charge on any atom is -0.478 e. The van der Waals surface area contributed by atoms with Crippen LogP contribution in [0.5, 0.6) is 0 Å². The van der Waals surface area contributed by atoms with Crippen LogP contribution in [-0.2, 0) is 18.1 Å². The molecule has 0 aromatic heterocycles. The van der Waals surface area contributed by atoms with Gasteiger partial charge in [0.25, 0.3) is 0 Å². The molecular formula is C19H38O5Si. The van der Waals surface area contributed by atoms with Crippen molar-refractivity contribution in [2.75, 3.05) is 19.8 Å². The molecule has 0 bridgehead atoms. The molecule has 0 fully saturated rings. The van der Waals surface area contributed by atoms with Crippen LogP contribution in [0.3, 0.4) is 0 Å². The van der Waals surface area contributed by atoms with E-state index in [1.165, 1.54) is 0 Å². The molecule has 0 aliphatic rings. The van der Waals surface area contributed by atoms with Crippen molar-refractivity contribution in [3.63, 3.8) is 0 Å². The van der Waals surface area contributed by atoms with Crippen molar-refractivity contribution >= 4 is 14.8 Å². The third-order valence-electron chi connectivity index (χ3n) is 4.01. The van der Waals surface area contributed by atoms with E-state index in [1.807, 2.05) is 6.92 Å². The molecule has 6 heteroatoms. The molecule has 5 nitrogen and oxygen atoms in total. The normalized spacial score (nSPS) is 13.0. The van der Waals surface area contributed by atoms with E-state index in [0.29, 0.717) is 31.8 Å². The summed E-state index contributed by atoms with van der Waals surface area (Å²) in [7, 11) is -3.18. The van der Waals surface area contributed by atoms with E-state index in [2.05, 4.69) is 20.8 Å². The molecule has 0 unspecified atom stereocenters. The molecular weight excluding hydrogens is 336 g/mol. The van der Waals surface area contributed by atoms with E-state index in [4.69, 9.17) is 13.3 Å². The Balaban J connectivity index is 5.75. The summed E-state index contributed by atoms with van der Waals surface area (Å²) in [5.74, 6) is -0.919. The minimum atomic E-state index is -3.18. The molecule has 0 saturated carbocycles. The highest BCUT2D eigenvalue weighted by Crippen LogP contribution is 2.28. The smallest absolute Gasteiger partial charge is 0.478 e. The van der Waals surface area contributed by atoms with Gasteiger partial charge in [0, 0.05) is 30.6 Å². The van der Waals surface area contributed by atoms with Crippen molar-refractivity contribution in [1.82, 2.24) is 0 Å². The third-order valence-corrected chi connectivity index (χ3v) is 7.13. The van der Waals surface area contributed by atoms with Gasteiger partial charge in [-0.05, 0) is 32.6 Å². The lowest BCUT2D eigenvalue weighted by Crippen LogP contribution is -2.50. The number of allylic oxidation sites excluding steroid dienone is 1. The Kier molecular flexibility index (Phi) is 14.1. The van der Waals surface area contributed by atoms with Gasteiger partial charge in [0.05, 0.1) is 0 Å². The largest absolute Gasteiger partial charge is 0.533 e. The summed E-state index contributed by atoms with van der Waals surface area (Å²) in [6.07, 6.45) is 7.24. The van der Waals surface area contributed by atoms with E-state index < -0.39 is 14.8 Å². The number of carboxylic acids is 1. The van der Waals surface area contributed by atoms with Gasteiger partial charge in [-0.2, -0.15) is 0 Å².